The van der Waals surface area contributed by atoms with Crippen LogP contribution < -0.4 is 5.32 Å². The van der Waals surface area contributed by atoms with Gasteiger partial charge in [-0.25, -0.2) is 0 Å². The van der Waals surface area contributed by atoms with Gasteiger partial charge in [0.05, 0.1) is 16.5 Å². The number of halogens is 1. The molecule has 1 fully saturated rings. The molecule has 0 spiro atoms. The third kappa shape index (κ3) is 3.43. The molecule has 106 valence electrons. The van der Waals surface area contributed by atoms with Gasteiger partial charge in [-0.2, -0.15) is 5.26 Å². The number of hydrogen-bond acceptors (Lipinski definition) is 3. The molecular weight excluding hydrogens is 276 g/mol. The van der Waals surface area contributed by atoms with Crippen molar-refractivity contribution in [2.24, 2.45) is 5.92 Å². The summed E-state index contributed by atoms with van der Waals surface area (Å²) in [5, 5.41) is 21.8. The lowest BCUT2D eigenvalue weighted by Gasteiger charge is -2.24. The molecule has 2 rings (SSSR count). The average Bonchev–Trinajstić information content (AvgIpc) is 2.64. The number of rotatable bonds is 3. The van der Waals surface area contributed by atoms with Gasteiger partial charge in [-0.1, -0.05) is 30.9 Å². The molecule has 0 saturated heterocycles. The molecular formula is C15H17ClN2O2. The molecule has 1 aromatic rings. The maximum Gasteiger partial charge on any atom is 0.308 e. The number of carboxylic acid groups (broad SMARTS) is 1. The Morgan fingerprint density at radius 1 is 1.35 bits per heavy atom. The fourth-order valence-electron chi connectivity index (χ4n) is 2.69. The van der Waals surface area contributed by atoms with E-state index in [0.29, 0.717) is 17.0 Å². The van der Waals surface area contributed by atoms with E-state index in [4.69, 9.17) is 16.9 Å². The molecule has 2 unspecified atom stereocenters. The first-order chi connectivity index (χ1) is 9.61. The summed E-state index contributed by atoms with van der Waals surface area (Å²) in [5.41, 5.74) is 1.19. The monoisotopic (exact) mass is 292 g/mol. The summed E-state index contributed by atoms with van der Waals surface area (Å²) in [7, 11) is 0. The van der Waals surface area contributed by atoms with Crippen molar-refractivity contribution in [2.75, 3.05) is 5.32 Å². The minimum atomic E-state index is -0.746. The Bertz CT molecular complexity index is 539. The number of carbonyl (C=O) groups is 1. The lowest BCUT2D eigenvalue weighted by Crippen LogP contribution is -2.33. The Balaban J connectivity index is 2.16. The molecule has 0 heterocycles. The second kappa shape index (κ2) is 6.62. The first-order valence-electron chi connectivity index (χ1n) is 6.81. The number of aliphatic carboxylic acids is 1. The van der Waals surface area contributed by atoms with E-state index in [2.05, 4.69) is 5.32 Å². The van der Waals surface area contributed by atoms with E-state index < -0.39 is 5.97 Å². The highest BCUT2D eigenvalue weighted by Crippen LogP contribution is 2.28. The van der Waals surface area contributed by atoms with Crippen molar-refractivity contribution in [1.82, 2.24) is 0 Å². The van der Waals surface area contributed by atoms with E-state index in [1.165, 1.54) is 0 Å². The summed E-state index contributed by atoms with van der Waals surface area (Å²) in [6, 6.07) is 7.03. The van der Waals surface area contributed by atoms with Crippen LogP contribution in [0.2, 0.25) is 5.02 Å². The average molecular weight is 293 g/mol. The summed E-state index contributed by atoms with van der Waals surface area (Å²) in [6.07, 6.45) is 4.62. The van der Waals surface area contributed by atoms with Crippen LogP contribution in [0.15, 0.2) is 18.2 Å². The molecule has 0 aromatic heterocycles. The van der Waals surface area contributed by atoms with Crippen LogP contribution in [-0.2, 0) is 4.79 Å². The Labute approximate surface area is 123 Å². The molecule has 4 nitrogen and oxygen atoms in total. The van der Waals surface area contributed by atoms with E-state index in [0.717, 1.165) is 31.4 Å². The molecule has 0 radical (unpaired) electrons. The van der Waals surface area contributed by atoms with Gasteiger partial charge in [-0.3, -0.25) is 4.79 Å². The molecule has 1 aliphatic rings. The van der Waals surface area contributed by atoms with Crippen molar-refractivity contribution in [3.63, 3.8) is 0 Å². The lowest BCUT2D eigenvalue weighted by atomic mass is 9.94. The van der Waals surface area contributed by atoms with Gasteiger partial charge in [-0.05, 0) is 31.0 Å². The van der Waals surface area contributed by atoms with Gasteiger partial charge in [0.25, 0.3) is 0 Å². The summed E-state index contributed by atoms with van der Waals surface area (Å²) in [6.45, 7) is 0. The van der Waals surface area contributed by atoms with Crippen LogP contribution in [0.5, 0.6) is 0 Å². The number of nitrogens with zero attached hydrogens (tertiary/aromatic N) is 1. The first kappa shape index (κ1) is 14.7. The Morgan fingerprint density at radius 2 is 2.10 bits per heavy atom. The predicted molar refractivity (Wildman–Crippen MR) is 77.8 cm³/mol. The highest BCUT2D eigenvalue weighted by atomic mass is 35.5. The molecule has 2 N–H and O–H groups in total. The van der Waals surface area contributed by atoms with Crippen LogP contribution in [0.4, 0.5) is 5.69 Å². The maximum absolute atomic E-state index is 11.4. The molecule has 1 saturated carbocycles. The van der Waals surface area contributed by atoms with Crippen molar-refractivity contribution in [3.05, 3.63) is 28.8 Å². The Morgan fingerprint density at radius 3 is 2.75 bits per heavy atom. The maximum atomic E-state index is 11.4. The molecule has 0 amide bonds. The van der Waals surface area contributed by atoms with E-state index in [1.54, 1.807) is 18.2 Å². The first-order valence-corrected chi connectivity index (χ1v) is 7.18. The molecule has 1 aromatic carbocycles. The molecule has 1 aliphatic carbocycles. The van der Waals surface area contributed by atoms with Crippen LogP contribution in [0.25, 0.3) is 0 Å². The van der Waals surface area contributed by atoms with Crippen LogP contribution in [-0.4, -0.2) is 17.1 Å². The number of carboxylic acids is 1. The Hall–Kier alpha value is -1.73. The summed E-state index contributed by atoms with van der Waals surface area (Å²) in [5.74, 6) is -1.11. The highest BCUT2D eigenvalue weighted by molar-refractivity contribution is 6.32. The number of benzene rings is 1. The third-order valence-corrected chi connectivity index (χ3v) is 4.09. The van der Waals surface area contributed by atoms with Crippen LogP contribution >= 0.6 is 11.6 Å². The van der Waals surface area contributed by atoms with Gasteiger partial charge < -0.3 is 10.4 Å². The number of nitriles is 1. The summed E-state index contributed by atoms with van der Waals surface area (Å²) >= 11 is 6.00. The summed E-state index contributed by atoms with van der Waals surface area (Å²) < 4.78 is 0. The zero-order chi connectivity index (χ0) is 14.5. The minimum absolute atomic E-state index is 0.0843. The van der Waals surface area contributed by atoms with Crippen molar-refractivity contribution in [3.8, 4) is 6.07 Å². The zero-order valence-corrected chi connectivity index (χ0v) is 11.9. The molecule has 2 atom stereocenters. The topological polar surface area (TPSA) is 73.1 Å². The second-order valence-electron chi connectivity index (χ2n) is 5.14. The van der Waals surface area contributed by atoms with E-state index in [1.807, 2.05) is 6.07 Å². The lowest BCUT2D eigenvalue weighted by molar-refractivity contribution is -0.142. The fraction of sp³-hybridized carbons (Fsp3) is 0.467. The van der Waals surface area contributed by atoms with E-state index >= 15 is 0 Å². The number of hydrogen-bond donors (Lipinski definition) is 2. The van der Waals surface area contributed by atoms with Gasteiger partial charge in [0.1, 0.15) is 6.07 Å². The smallest absolute Gasteiger partial charge is 0.308 e. The zero-order valence-electron chi connectivity index (χ0n) is 11.1. The fourth-order valence-corrected chi connectivity index (χ4v) is 2.91. The van der Waals surface area contributed by atoms with Crippen molar-refractivity contribution >= 4 is 23.3 Å². The summed E-state index contributed by atoms with van der Waals surface area (Å²) in [4.78, 5) is 11.4. The highest BCUT2D eigenvalue weighted by Gasteiger charge is 2.29. The van der Waals surface area contributed by atoms with Gasteiger partial charge in [0, 0.05) is 11.7 Å². The van der Waals surface area contributed by atoms with Crippen LogP contribution in [0.3, 0.4) is 0 Å². The quantitative estimate of drug-likeness (QED) is 0.834. The third-order valence-electron chi connectivity index (χ3n) is 3.77. The molecule has 20 heavy (non-hydrogen) atoms. The van der Waals surface area contributed by atoms with Gasteiger partial charge in [0.2, 0.25) is 0 Å². The largest absolute Gasteiger partial charge is 0.481 e. The predicted octanol–water partition coefficient (Wildman–Crippen LogP) is 3.66. The van der Waals surface area contributed by atoms with E-state index in [9.17, 15) is 9.90 Å². The van der Waals surface area contributed by atoms with Crippen LogP contribution in [0.1, 0.15) is 37.7 Å². The number of anilines is 1. The van der Waals surface area contributed by atoms with Gasteiger partial charge in [-0.15, -0.1) is 0 Å². The normalized spacial score (nSPS) is 22.6. The van der Waals surface area contributed by atoms with Crippen molar-refractivity contribution in [1.29, 1.82) is 5.26 Å². The molecule has 0 aliphatic heterocycles. The molecule has 5 heteroatoms. The van der Waals surface area contributed by atoms with Crippen molar-refractivity contribution in [2.45, 2.75) is 38.1 Å². The van der Waals surface area contributed by atoms with Gasteiger partial charge >= 0.3 is 5.97 Å². The second-order valence-corrected chi connectivity index (χ2v) is 5.55. The van der Waals surface area contributed by atoms with Crippen LogP contribution in [0, 0.1) is 17.2 Å². The van der Waals surface area contributed by atoms with Gasteiger partial charge in [0.15, 0.2) is 0 Å². The number of nitrogens with one attached hydrogen (secondary N) is 1. The standard InChI is InChI=1S/C15H17ClN2O2/c16-13-8-11(7-6-10(13)9-17)18-14-5-3-1-2-4-12(14)15(19)20/h6-8,12,14,18H,1-5H2,(H,19,20). The molecule has 0 bridgehead atoms. The Kier molecular flexibility index (Phi) is 4.86. The minimum Gasteiger partial charge on any atom is -0.481 e. The SMILES string of the molecule is N#Cc1ccc(NC2CCCCCC2C(=O)O)cc1Cl. The van der Waals surface area contributed by atoms with E-state index in [-0.39, 0.29) is 12.0 Å². The van der Waals surface area contributed by atoms with Crippen molar-refractivity contribution < 1.29 is 9.90 Å².